The van der Waals surface area contributed by atoms with Crippen LogP contribution in [0.1, 0.15) is 27.7 Å². The van der Waals surface area contributed by atoms with E-state index in [0.717, 1.165) is 6.42 Å². The molecule has 92 valence electrons. The molecule has 0 fully saturated rings. The van der Waals surface area contributed by atoms with E-state index in [1.54, 1.807) is 5.38 Å². The van der Waals surface area contributed by atoms with Crippen molar-refractivity contribution < 1.29 is 4.79 Å². The summed E-state index contributed by atoms with van der Waals surface area (Å²) in [4.78, 5) is 12.2. The first kappa shape index (κ1) is 11.8. The summed E-state index contributed by atoms with van der Waals surface area (Å²) in [5.74, 6) is -0.171. The maximum Gasteiger partial charge on any atom is 0.273 e. The van der Waals surface area contributed by atoms with E-state index in [2.05, 4.69) is 43.0 Å². The average molecular weight is 324 g/mol. The first-order valence-electron chi connectivity index (χ1n) is 5.55. The molecule has 2 aromatic rings. The third-order valence-electron chi connectivity index (χ3n) is 3.05. The van der Waals surface area contributed by atoms with Gasteiger partial charge in [-0.05, 0) is 29.1 Å². The fraction of sp³-hybridized carbons (Fsp3) is 0.250. The number of nitrogens with one attached hydrogen (secondary N) is 1. The van der Waals surface area contributed by atoms with Gasteiger partial charge in [0.1, 0.15) is 0 Å². The molecule has 0 radical (unpaired) electrons. The van der Waals surface area contributed by atoms with Crippen molar-refractivity contribution in [2.24, 2.45) is 0 Å². The van der Waals surface area contributed by atoms with Gasteiger partial charge in [0.05, 0.1) is 6.04 Å². The van der Waals surface area contributed by atoms with Crippen molar-refractivity contribution in [3.05, 3.63) is 46.5 Å². The highest BCUT2D eigenvalue weighted by Crippen LogP contribution is 2.35. The largest absolute Gasteiger partial charge is 0.343 e. The maximum absolute atomic E-state index is 12.0. The quantitative estimate of drug-likeness (QED) is 0.863. The highest BCUT2D eigenvalue weighted by atomic mass is 79.9. The normalized spacial score (nSPS) is 21.6. The van der Waals surface area contributed by atoms with Gasteiger partial charge in [-0.25, -0.2) is 0 Å². The number of fused-ring (bicyclic) bond motifs is 1. The molecule has 0 saturated carbocycles. The van der Waals surface area contributed by atoms with E-state index in [1.807, 2.05) is 12.1 Å². The summed E-state index contributed by atoms with van der Waals surface area (Å²) in [6.07, 6.45) is 0.927. The van der Waals surface area contributed by atoms with Gasteiger partial charge < -0.3 is 5.32 Å². The molecule has 1 heterocycles. The Hall–Kier alpha value is -1.27. The molecular weight excluding hydrogens is 314 g/mol. The van der Waals surface area contributed by atoms with E-state index >= 15 is 0 Å². The molecule has 2 unspecified atom stereocenters. The number of hydrogen-bond acceptors (Lipinski definition) is 4. The molecule has 0 aliphatic heterocycles. The molecule has 1 aliphatic rings. The summed E-state index contributed by atoms with van der Waals surface area (Å²) in [6, 6.07) is 8.16. The summed E-state index contributed by atoms with van der Waals surface area (Å²) >= 11 is 4.81. The number of carbonyl (C=O) groups excluding carboxylic acids is 1. The molecule has 1 N–H and O–H groups in total. The minimum atomic E-state index is -0.171. The van der Waals surface area contributed by atoms with Gasteiger partial charge in [0, 0.05) is 10.2 Å². The second-order valence-electron chi connectivity index (χ2n) is 4.16. The molecule has 1 aromatic heterocycles. The van der Waals surface area contributed by atoms with Gasteiger partial charge in [0.15, 0.2) is 5.69 Å². The molecule has 18 heavy (non-hydrogen) atoms. The number of alkyl halides is 1. The Kier molecular flexibility index (Phi) is 3.13. The van der Waals surface area contributed by atoms with Gasteiger partial charge in [-0.15, -0.1) is 5.10 Å². The lowest BCUT2D eigenvalue weighted by atomic mass is 10.1. The molecule has 1 aromatic carbocycles. The molecule has 6 heteroatoms. The van der Waals surface area contributed by atoms with E-state index in [1.165, 1.54) is 22.7 Å². The van der Waals surface area contributed by atoms with Crippen LogP contribution in [0.3, 0.4) is 0 Å². The van der Waals surface area contributed by atoms with Crippen molar-refractivity contribution >= 4 is 33.4 Å². The number of nitrogens with zero attached hydrogens (tertiary/aromatic N) is 2. The molecule has 0 bridgehead atoms. The van der Waals surface area contributed by atoms with Crippen LogP contribution in [-0.2, 0) is 6.42 Å². The van der Waals surface area contributed by atoms with E-state index in [9.17, 15) is 4.79 Å². The van der Waals surface area contributed by atoms with Crippen molar-refractivity contribution in [3.63, 3.8) is 0 Å². The Labute approximate surface area is 117 Å². The highest BCUT2D eigenvalue weighted by molar-refractivity contribution is 9.09. The monoisotopic (exact) mass is 323 g/mol. The van der Waals surface area contributed by atoms with Crippen LogP contribution in [0, 0.1) is 0 Å². The smallest absolute Gasteiger partial charge is 0.273 e. The van der Waals surface area contributed by atoms with Crippen molar-refractivity contribution in [1.29, 1.82) is 0 Å². The molecule has 1 aliphatic carbocycles. The first-order chi connectivity index (χ1) is 8.75. The molecule has 3 rings (SSSR count). The van der Waals surface area contributed by atoms with E-state index < -0.39 is 0 Å². The van der Waals surface area contributed by atoms with Gasteiger partial charge >= 0.3 is 0 Å². The zero-order valence-corrected chi connectivity index (χ0v) is 11.7. The van der Waals surface area contributed by atoms with Gasteiger partial charge in [-0.1, -0.05) is 44.7 Å². The van der Waals surface area contributed by atoms with E-state index in [-0.39, 0.29) is 16.8 Å². The van der Waals surface area contributed by atoms with Crippen molar-refractivity contribution in [1.82, 2.24) is 14.9 Å². The van der Waals surface area contributed by atoms with Gasteiger partial charge in [-0.3, -0.25) is 4.79 Å². The van der Waals surface area contributed by atoms with Crippen molar-refractivity contribution in [3.8, 4) is 0 Å². The van der Waals surface area contributed by atoms with Crippen LogP contribution >= 0.6 is 27.5 Å². The minimum Gasteiger partial charge on any atom is -0.343 e. The predicted octanol–water partition coefficient (Wildman–Crippen LogP) is 2.33. The third kappa shape index (κ3) is 2.06. The SMILES string of the molecule is O=C(NC1c2ccccc2CC1Br)c1csnn1. The lowest BCUT2D eigenvalue weighted by Gasteiger charge is -2.16. The number of benzene rings is 1. The highest BCUT2D eigenvalue weighted by Gasteiger charge is 2.31. The van der Waals surface area contributed by atoms with Crippen LogP contribution in [0.2, 0.25) is 0 Å². The molecule has 0 saturated heterocycles. The number of amides is 1. The summed E-state index contributed by atoms with van der Waals surface area (Å²) in [7, 11) is 0. The standard InChI is InChI=1S/C12H10BrN3OS/c13-9-5-7-3-1-2-4-8(7)11(9)14-12(17)10-6-18-16-15-10/h1-4,6,9,11H,5H2,(H,14,17). The summed E-state index contributed by atoms with van der Waals surface area (Å²) < 4.78 is 3.70. The zero-order chi connectivity index (χ0) is 12.5. The van der Waals surface area contributed by atoms with Crippen LogP contribution in [0.15, 0.2) is 29.6 Å². The lowest BCUT2D eigenvalue weighted by molar-refractivity contribution is 0.0933. The fourth-order valence-electron chi connectivity index (χ4n) is 2.19. The Balaban J connectivity index is 1.83. The van der Waals surface area contributed by atoms with Crippen molar-refractivity contribution in [2.45, 2.75) is 17.3 Å². The Morgan fingerprint density at radius 3 is 3.06 bits per heavy atom. The van der Waals surface area contributed by atoms with Gasteiger partial charge in [-0.2, -0.15) is 0 Å². The number of rotatable bonds is 2. The lowest BCUT2D eigenvalue weighted by Crippen LogP contribution is -2.31. The average Bonchev–Trinajstić information content (AvgIpc) is 2.98. The van der Waals surface area contributed by atoms with Crippen molar-refractivity contribution in [2.75, 3.05) is 0 Å². The predicted molar refractivity (Wildman–Crippen MR) is 73.0 cm³/mol. The maximum atomic E-state index is 12.0. The summed E-state index contributed by atoms with van der Waals surface area (Å²) in [6.45, 7) is 0. The first-order valence-corrected chi connectivity index (χ1v) is 7.30. The zero-order valence-electron chi connectivity index (χ0n) is 9.34. The van der Waals surface area contributed by atoms with Crippen LogP contribution in [0.4, 0.5) is 0 Å². The van der Waals surface area contributed by atoms with Crippen LogP contribution in [0.25, 0.3) is 0 Å². The Morgan fingerprint density at radius 1 is 1.44 bits per heavy atom. The fourth-order valence-corrected chi connectivity index (χ4v) is 3.40. The second kappa shape index (κ2) is 4.78. The molecular formula is C12H10BrN3OS. The number of halogens is 1. The Morgan fingerprint density at radius 2 is 2.28 bits per heavy atom. The second-order valence-corrected chi connectivity index (χ2v) is 5.95. The minimum absolute atomic E-state index is 0.00426. The van der Waals surface area contributed by atoms with E-state index in [4.69, 9.17) is 0 Å². The summed E-state index contributed by atoms with van der Waals surface area (Å²) in [5.41, 5.74) is 2.83. The Bertz CT molecular complexity index is 572. The van der Waals surface area contributed by atoms with E-state index in [0.29, 0.717) is 5.69 Å². The van der Waals surface area contributed by atoms with Crippen LogP contribution < -0.4 is 5.32 Å². The number of carbonyl (C=O) groups is 1. The van der Waals surface area contributed by atoms with Crippen LogP contribution in [-0.4, -0.2) is 20.3 Å². The molecule has 1 amide bonds. The topological polar surface area (TPSA) is 54.9 Å². The van der Waals surface area contributed by atoms with Gasteiger partial charge in [0.2, 0.25) is 0 Å². The summed E-state index contributed by atoms with van der Waals surface area (Å²) in [5, 5.41) is 8.44. The third-order valence-corrected chi connectivity index (χ3v) is 4.40. The van der Waals surface area contributed by atoms with Gasteiger partial charge in [0.25, 0.3) is 5.91 Å². The molecule has 2 atom stereocenters. The molecule has 0 spiro atoms. The number of aromatic nitrogens is 2. The molecule has 4 nitrogen and oxygen atoms in total. The number of hydrogen-bond donors (Lipinski definition) is 1. The van der Waals surface area contributed by atoms with Crippen LogP contribution in [0.5, 0.6) is 0 Å².